The highest BCUT2D eigenvalue weighted by molar-refractivity contribution is 6.30. The number of tetrazole rings is 1. The molecular weight excluding hydrogens is 290 g/mol. The molecule has 0 saturated heterocycles. The van der Waals surface area contributed by atoms with E-state index in [9.17, 15) is 0 Å². The van der Waals surface area contributed by atoms with Crippen LogP contribution in [0.25, 0.3) is 5.69 Å². The van der Waals surface area contributed by atoms with Crippen LogP contribution in [0.3, 0.4) is 0 Å². The van der Waals surface area contributed by atoms with E-state index < -0.39 is 0 Å². The molecule has 0 fully saturated rings. The number of ether oxygens (including phenoxy) is 1. The quantitative estimate of drug-likeness (QED) is 0.888. The van der Waals surface area contributed by atoms with Crippen LogP contribution < -0.4 is 10.1 Å². The van der Waals surface area contributed by atoms with Crippen LogP contribution in [-0.4, -0.2) is 33.9 Å². The Morgan fingerprint density at radius 3 is 2.76 bits per heavy atom. The normalized spacial score (nSPS) is 12.7. The highest BCUT2D eigenvalue weighted by atomic mass is 35.5. The van der Waals surface area contributed by atoms with E-state index >= 15 is 0 Å². The van der Waals surface area contributed by atoms with Gasteiger partial charge in [0.05, 0.1) is 13.2 Å². The summed E-state index contributed by atoms with van der Waals surface area (Å²) in [6.45, 7) is 7.23. The van der Waals surface area contributed by atoms with Crippen molar-refractivity contribution in [2.75, 3.05) is 13.7 Å². The molecule has 0 saturated carbocycles. The molecular formula is C14H20ClN5O. The second-order valence-corrected chi connectivity index (χ2v) is 5.73. The summed E-state index contributed by atoms with van der Waals surface area (Å²) in [5.41, 5.74) is 0.725. The van der Waals surface area contributed by atoms with Crippen LogP contribution in [0.4, 0.5) is 0 Å². The fourth-order valence-corrected chi connectivity index (χ4v) is 2.13. The third kappa shape index (κ3) is 3.71. The molecule has 2 rings (SSSR count). The second-order valence-electron chi connectivity index (χ2n) is 5.29. The first-order valence-electron chi connectivity index (χ1n) is 6.88. The molecule has 1 heterocycles. The molecule has 0 aliphatic heterocycles. The van der Waals surface area contributed by atoms with Crippen molar-refractivity contribution in [2.24, 2.45) is 5.92 Å². The van der Waals surface area contributed by atoms with Crippen LogP contribution in [0.15, 0.2) is 18.2 Å². The van der Waals surface area contributed by atoms with Gasteiger partial charge < -0.3 is 10.1 Å². The molecule has 1 unspecified atom stereocenters. The van der Waals surface area contributed by atoms with Gasteiger partial charge in [-0.15, -0.1) is 5.10 Å². The number of benzene rings is 1. The van der Waals surface area contributed by atoms with Crippen molar-refractivity contribution in [3.05, 3.63) is 29.0 Å². The van der Waals surface area contributed by atoms with E-state index in [2.05, 4.69) is 34.7 Å². The SMILES string of the molecule is COc1ccc(Cl)cc1-n1nnnc1C(C)NCC(C)C. The molecule has 6 nitrogen and oxygen atoms in total. The highest BCUT2D eigenvalue weighted by Gasteiger charge is 2.18. The smallest absolute Gasteiger partial charge is 0.173 e. The lowest BCUT2D eigenvalue weighted by atomic mass is 10.2. The average Bonchev–Trinajstić information content (AvgIpc) is 2.94. The Labute approximate surface area is 129 Å². The van der Waals surface area contributed by atoms with Crippen molar-refractivity contribution in [1.29, 1.82) is 0 Å². The van der Waals surface area contributed by atoms with Crippen molar-refractivity contribution < 1.29 is 4.74 Å². The first-order valence-corrected chi connectivity index (χ1v) is 7.26. The van der Waals surface area contributed by atoms with Gasteiger partial charge in [-0.05, 0) is 48.0 Å². The van der Waals surface area contributed by atoms with Gasteiger partial charge in [0.15, 0.2) is 5.82 Å². The molecule has 7 heteroatoms. The minimum atomic E-state index is 0.0195. The van der Waals surface area contributed by atoms with Crippen LogP contribution in [-0.2, 0) is 0 Å². The number of nitrogens with one attached hydrogen (secondary N) is 1. The zero-order valence-electron chi connectivity index (χ0n) is 12.7. The largest absolute Gasteiger partial charge is 0.494 e. The third-order valence-corrected chi connectivity index (χ3v) is 3.32. The lowest BCUT2D eigenvalue weighted by Crippen LogP contribution is -2.25. The maximum atomic E-state index is 6.07. The average molecular weight is 310 g/mol. The fraction of sp³-hybridized carbons (Fsp3) is 0.500. The number of aromatic nitrogens is 4. The molecule has 1 atom stereocenters. The summed E-state index contributed by atoms with van der Waals surface area (Å²) in [5.74, 6) is 1.94. The number of rotatable bonds is 6. The summed E-state index contributed by atoms with van der Waals surface area (Å²) in [6, 6.07) is 5.38. The first-order chi connectivity index (χ1) is 10.0. The van der Waals surface area contributed by atoms with Gasteiger partial charge in [0.2, 0.25) is 0 Å². The molecule has 0 bridgehead atoms. The minimum Gasteiger partial charge on any atom is -0.494 e. The maximum absolute atomic E-state index is 6.07. The molecule has 1 N–H and O–H groups in total. The van der Waals surface area contributed by atoms with E-state index in [4.69, 9.17) is 16.3 Å². The van der Waals surface area contributed by atoms with Crippen molar-refractivity contribution >= 4 is 11.6 Å². The van der Waals surface area contributed by atoms with Crippen LogP contribution in [0.1, 0.15) is 32.6 Å². The van der Waals surface area contributed by atoms with Crippen LogP contribution in [0.2, 0.25) is 5.02 Å². The number of hydrogen-bond acceptors (Lipinski definition) is 5. The maximum Gasteiger partial charge on any atom is 0.173 e. The predicted molar refractivity (Wildman–Crippen MR) is 82.0 cm³/mol. The predicted octanol–water partition coefficient (Wildman–Crippen LogP) is 2.63. The molecule has 0 spiro atoms. The van der Waals surface area contributed by atoms with E-state index in [1.54, 1.807) is 30.0 Å². The second kappa shape index (κ2) is 6.87. The van der Waals surface area contributed by atoms with E-state index in [0.29, 0.717) is 16.7 Å². The van der Waals surface area contributed by atoms with Crippen LogP contribution >= 0.6 is 11.6 Å². The van der Waals surface area contributed by atoms with Crippen molar-refractivity contribution in [2.45, 2.75) is 26.8 Å². The summed E-state index contributed by atoms with van der Waals surface area (Å²) in [6.07, 6.45) is 0. The Morgan fingerprint density at radius 1 is 1.33 bits per heavy atom. The van der Waals surface area contributed by atoms with Crippen LogP contribution in [0.5, 0.6) is 5.75 Å². The molecule has 114 valence electrons. The number of methoxy groups -OCH3 is 1. The molecule has 1 aromatic carbocycles. The van der Waals surface area contributed by atoms with Crippen molar-refractivity contribution in [3.63, 3.8) is 0 Å². The number of halogens is 1. The van der Waals surface area contributed by atoms with E-state index in [1.807, 2.05) is 6.92 Å². The zero-order valence-corrected chi connectivity index (χ0v) is 13.4. The van der Waals surface area contributed by atoms with Gasteiger partial charge in [0.25, 0.3) is 0 Å². The van der Waals surface area contributed by atoms with E-state index in [-0.39, 0.29) is 6.04 Å². The van der Waals surface area contributed by atoms with Crippen molar-refractivity contribution in [3.8, 4) is 11.4 Å². The number of nitrogens with zero attached hydrogens (tertiary/aromatic N) is 4. The molecule has 0 aliphatic carbocycles. The van der Waals surface area contributed by atoms with Gasteiger partial charge >= 0.3 is 0 Å². The number of hydrogen-bond donors (Lipinski definition) is 1. The molecule has 0 amide bonds. The van der Waals surface area contributed by atoms with Crippen molar-refractivity contribution in [1.82, 2.24) is 25.5 Å². The lowest BCUT2D eigenvalue weighted by molar-refractivity contribution is 0.409. The summed E-state index contributed by atoms with van der Waals surface area (Å²) in [7, 11) is 1.61. The lowest BCUT2D eigenvalue weighted by Gasteiger charge is -2.16. The third-order valence-electron chi connectivity index (χ3n) is 3.08. The molecule has 21 heavy (non-hydrogen) atoms. The van der Waals surface area contributed by atoms with E-state index in [0.717, 1.165) is 18.1 Å². The summed E-state index contributed by atoms with van der Waals surface area (Å²) in [5, 5.41) is 16.0. The van der Waals surface area contributed by atoms with Gasteiger partial charge in [-0.2, -0.15) is 4.68 Å². The monoisotopic (exact) mass is 309 g/mol. The fourth-order valence-electron chi connectivity index (χ4n) is 1.97. The summed E-state index contributed by atoms with van der Waals surface area (Å²) < 4.78 is 7.02. The Bertz CT molecular complexity index is 599. The highest BCUT2D eigenvalue weighted by Crippen LogP contribution is 2.27. The van der Waals surface area contributed by atoms with Gasteiger partial charge in [-0.25, -0.2) is 0 Å². The molecule has 0 radical (unpaired) electrons. The summed E-state index contributed by atoms with van der Waals surface area (Å²) in [4.78, 5) is 0. The van der Waals surface area contributed by atoms with E-state index in [1.165, 1.54) is 0 Å². The van der Waals surface area contributed by atoms with Gasteiger partial charge in [-0.3, -0.25) is 0 Å². The van der Waals surface area contributed by atoms with Gasteiger partial charge in [0, 0.05) is 5.02 Å². The Balaban J connectivity index is 2.34. The standard InChI is InChI=1S/C14H20ClN5O/c1-9(2)8-16-10(3)14-17-18-19-20(14)12-7-11(15)5-6-13(12)21-4/h5-7,9-10,16H,8H2,1-4H3. The zero-order chi connectivity index (χ0) is 15.4. The van der Waals surface area contributed by atoms with Crippen LogP contribution in [0, 0.1) is 5.92 Å². The first kappa shape index (κ1) is 15.7. The summed E-state index contributed by atoms with van der Waals surface area (Å²) >= 11 is 6.07. The Hall–Kier alpha value is -1.66. The topological polar surface area (TPSA) is 64.9 Å². The Morgan fingerprint density at radius 2 is 2.10 bits per heavy atom. The Kier molecular flexibility index (Phi) is 5.14. The molecule has 0 aliphatic rings. The minimum absolute atomic E-state index is 0.0195. The van der Waals surface area contributed by atoms with Gasteiger partial charge in [0.1, 0.15) is 11.4 Å². The molecule has 2 aromatic rings. The van der Waals surface area contributed by atoms with Gasteiger partial charge in [-0.1, -0.05) is 25.4 Å². The molecule has 1 aromatic heterocycles.